The third-order valence-electron chi connectivity index (χ3n) is 3.23. The molecule has 0 radical (unpaired) electrons. The van der Waals surface area contributed by atoms with Gasteiger partial charge in [-0.3, -0.25) is 4.90 Å². The van der Waals surface area contributed by atoms with Crippen molar-refractivity contribution in [1.82, 2.24) is 4.90 Å². The Labute approximate surface area is 95.9 Å². The number of nitriles is 1. The topological polar surface area (TPSA) is 47.3 Å². The van der Waals surface area contributed by atoms with Crippen LogP contribution in [0.5, 0.6) is 0 Å². The second kappa shape index (κ2) is 4.25. The Hall–Kier alpha value is -1.37. The molecule has 1 aliphatic heterocycles. The lowest BCUT2D eigenvalue weighted by Crippen LogP contribution is -2.60. The van der Waals surface area contributed by atoms with Crippen LogP contribution in [0.15, 0.2) is 24.3 Å². The Morgan fingerprint density at radius 2 is 2.12 bits per heavy atom. The third-order valence-corrected chi connectivity index (χ3v) is 3.23. The molecule has 0 aliphatic carbocycles. The van der Waals surface area contributed by atoms with E-state index in [0.29, 0.717) is 13.1 Å². The average molecular weight is 216 g/mol. The van der Waals surface area contributed by atoms with Gasteiger partial charge in [0.05, 0.1) is 17.2 Å². The number of aliphatic hydroxyl groups is 1. The lowest BCUT2D eigenvalue weighted by molar-refractivity contribution is -0.103. The molecular weight excluding hydrogens is 200 g/mol. The zero-order valence-electron chi connectivity index (χ0n) is 9.48. The minimum absolute atomic E-state index is 0.498. The lowest BCUT2D eigenvalue weighted by atomic mass is 9.90. The zero-order chi connectivity index (χ0) is 11.6. The van der Waals surface area contributed by atoms with E-state index in [1.165, 1.54) is 0 Å². The van der Waals surface area contributed by atoms with Crippen molar-refractivity contribution in [2.24, 2.45) is 0 Å². The van der Waals surface area contributed by atoms with Gasteiger partial charge in [0, 0.05) is 19.6 Å². The number of hydrogen-bond acceptors (Lipinski definition) is 3. The van der Waals surface area contributed by atoms with E-state index in [9.17, 15) is 5.11 Å². The fourth-order valence-corrected chi connectivity index (χ4v) is 2.13. The number of hydrogen-bond donors (Lipinski definition) is 1. The quantitative estimate of drug-likeness (QED) is 0.833. The molecule has 1 fully saturated rings. The van der Waals surface area contributed by atoms with Gasteiger partial charge < -0.3 is 5.11 Å². The maximum absolute atomic E-state index is 9.89. The minimum atomic E-state index is -0.498. The molecule has 0 unspecified atom stereocenters. The molecule has 0 saturated carbocycles. The van der Waals surface area contributed by atoms with Crippen LogP contribution in [-0.2, 0) is 6.54 Å². The fraction of sp³-hybridized carbons (Fsp3) is 0.462. The Balaban J connectivity index is 2.00. The van der Waals surface area contributed by atoms with Crippen LogP contribution in [0.4, 0.5) is 0 Å². The summed E-state index contributed by atoms with van der Waals surface area (Å²) in [6.45, 7) is 4.18. The van der Waals surface area contributed by atoms with Gasteiger partial charge in [0.25, 0.3) is 0 Å². The van der Waals surface area contributed by atoms with Crippen molar-refractivity contribution in [3.63, 3.8) is 0 Å². The summed E-state index contributed by atoms with van der Waals surface area (Å²) >= 11 is 0. The predicted octanol–water partition coefficient (Wildman–Crippen LogP) is 1.51. The number of likely N-dealkylation sites (tertiary alicyclic amines) is 1. The van der Waals surface area contributed by atoms with E-state index in [1.807, 2.05) is 31.2 Å². The summed E-state index contributed by atoms with van der Waals surface area (Å²) in [7, 11) is 0. The maximum Gasteiger partial charge on any atom is 0.0995 e. The highest BCUT2D eigenvalue weighted by molar-refractivity contribution is 5.37. The summed E-state index contributed by atoms with van der Waals surface area (Å²) in [5, 5.41) is 18.8. The van der Waals surface area contributed by atoms with Crippen molar-refractivity contribution >= 4 is 0 Å². The van der Waals surface area contributed by atoms with E-state index in [2.05, 4.69) is 11.0 Å². The van der Waals surface area contributed by atoms with Gasteiger partial charge in [0.1, 0.15) is 0 Å². The first kappa shape index (κ1) is 11.1. The molecule has 1 saturated heterocycles. The molecule has 1 heterocycles. The summed E-state index contributed by atoms with van der Waals surface area (Å²) in [4.78, 5) is 2.17. The number of β-amino-alcohol motifs (C(OH)–C–C–N with tert-alkyl or cyclic N) is 1. The van der Waals surface area contributed by atoms with Gasteiger partial charge in [-0.25, -0.2) is 0 Å². The zero-order valence-corrected chi connectivity index (χ0v) is 9.48. The van der Waals surface area contributed by atoms with Crippen LogP contribution in [0.2, 0.25) is 0 Å². The summed E-state index contributed by atoms with van der Waals surface area (Å²) in [5.41, 5.74) is 1.28. The Morgan fingerprint density at radius 3 is 2.75 bits per heavy atom. The Bertz CT molecular complexity index is 416. The highest BCUT2D eigenvalue weighted by atomic mass is 16.3. The maximum atomic E-state index is 9.89. The van der Waals surface area contributed by atoms with E-state index in [0.717, 1.165) is 24.1 Å². The van der Waals surface area contributed by atoms with Crippen molar-refractivity contribution in [1.29, 1.82) is 5.26 Å². The van der Waals surface area contributed by atoms with Gasteiger partial charge in [-0.2, -0.15) is 5.26 Å². The van der Waals surface area contributed by atoms with Crippen LogP contribution in [0, 0.1) is 11.3 Å². The summed E-state index contributed by atoms with van der Waals surface area (Å²) in [6.07, 6.45) is 0.795. The summed E-state index contributed by atoms with van der Waals surface area (Å²) in [6, 6.07) is 9.83. The highest BCUT2D eigenvalue weighted by Crippen LogP contribution is 2.26. The predicted molar refractivity (Wildman–Crippen MR) is 61.7 cm³/mol. The minimum Gasteiger partial charge on any atom is -0.387 e. The summed E-state index contributed by atoms with van der Waals surface area (Å²) < 4.78 is 0. The van der Waals surface area contributed by atoms with E-state index < -0.39 is 5.60 Å². The average Bonchev–Trinajstić information content (AvgIpc) is 2.27. The largest absolute Gasteiger partial charge is 0.387 e. The SMILES string of the molecule is CCC1(O)CN(Cc2ccccc2C#N)C1. The van der Waals surface area contributed by atoms with E-state index in [-0.39, 0.29) is 0 Å². The lowest BCUT2D eigenvalue weighted by Gasteiger charge is -2.46. The third kappa shape index (κ3) is 2.08. The molecule has 3 heteroatoms. The molecule has 1 aromatic rings. The molecular formula is C13H16N2O. The second-order valence-corrected chi connectivity index (χ2v) is 4.49. The normalized spacial score (nSPS) is 18.8. The van der Waals surface area contributed by atoms with Gasteiger partial charge >= 0.3 is 0 Å². The van der Waals surface area contributed by atoms with Gasteiger partial charge in [0.2, 0.25) is 0 Å². The second-order valence-electron chi connectivity index (χ2n) is 4.49. The van der Waals surface area contributed by atoms with Crippen LogP contribution < -0.4 is 0 Å². The molecule has 0 spiro atoms. The first-order chi connectivity index (χ1) is 7.67. The van der Waals surface area contributed by atoms with Gasteiger partial charge in [0.15, 0.2) is 0 Å². The van der Waals surface area contributed by atoms with Crippen molar-refractivity contribution in [3.8, 4) is 6.07 Å². The van der Waals surface area contributed by atoms with Crippen LogP contribution in [0.1, 0.15) is 24.5 Å². The molecule has 3 nitrogen and oxygen atoms in total. The first-order valence-electron chi connectivity index (χ1n) is 5.59. The summed E-state index contributed by atoms with van der Waals surface area (Å²) in [5.74, 6) is 0. The van der Waals surface area contributed by atoms with E-state index in [1.54, 1.807) is 0 Å². The van der Waals surface area contributed by atoms with E-state index >= 15 is 0 Å². The van der Waals surface area contributed by atoms with E-state index in [4.69, 9.17) is 5.26 Å². The van der Waals surface area contributed by atoms with Crippen molar-refractivity contribution in [3.05, 3.63) is 35.4 Å². The Morgan fingerprint density at radius 1 is 1.44 bits per heavy atom. The molecule has 1 N–H and O–H groups in total. The number of benzene rings is 1. The van der Waals surface area contributed by atoms with Crippen molar-refractivity contribution in [2.45, 2.75) is 25.5 Å². The molecule has 0 atom stereocenters. The molecule has 1 aliphatic rings. The van der Waals surface area contributed by atoms with Crippen molar-refractivity contribution in [2.75, 3.05) is 13.1 Å². The van der Waals surface area contributed by atoms with Crippen LogP contribution in [0.25, 0.3) is 0 Å². The monoisotopic (exact) mass is 216 g/mol. The molecule has 1 aromatic carbocycles. The molecule has 16 heavy (non-hydrogen) atoms. The standard InChI is InChI=1S/C13H16N2O/c1-2-13(16)9-15(10-13)8-12-6-4-3-5-11(12)7-14/h3-6,16H,2,8-10H2,1H3. The number of rotatable bonds is 3. The molecule has 0 amide bonds. The Kier molecular flexibility index (Phi) is 2.95. The smallest absolute Gasteiger partial charge is 0.0995 e. The van der Waals surface area contributed by atoms with Gasteiger partial charge in [-0.1, -0.05) is 25.1 Å². The fourth-order valence-electron chi connectivity index (χ4n) is 2.13. The highest BCUT2D eigenvalue weighted by Gasteiger charge is 2.39. The van der Waals surface area contributed by atoms with Gasteiger partial charge in [-0.05, 0) is 18.1 Å². The molecule has 2 rings (SSSR count). The first-order valence-corrected chi connectivity index (χ1v) is 5.59. The molecule has 84 valence electrons. The van der Waals surface area contributed by atoms with Crippen LogP contribution in [0.3, 0.4) is 0 Å². The van der Waals surface area contributed by atoms with Crippen LogP contribution >= 0.6 is 0 Å². The number of nitrogens with zero attached hydrogens (tertiary/aromatic N) is 2. The van der Waals surface area contributed by atoms with Crippen LogP contribution in [-0.4, -0.2) is 28.7 Å². The molecule has 0 aromatic heterocycles. The van der Waals surface area contributed by atoms with Crippen molar-refractivity contribution < 1.29 is 5.11 Å². The molecule has 0 bridgehead atoms. The van der Waals surface area contributed by atoms with Gasteiger partial charge in [-0.15, -0.1) is 0 Å².